The van der Waals surface area contributed by atoms with E-state index in [2.05, 4.69) is 31.9 Å². The lowest BCUT2D eigenvalue weighted by molar-refractivity contribution is 0.484. The Labute approximate surface area is 115 Å². The fourth-order valence-corrected chi connectivity index (χ4v) is 3.63. The monoisotopic (exact) mass is 379 g/mol. The lowest BCUT2D eigenvalue weighted by Crippen LogP contribution is -2.01. The second-order valence-corrected chi connectivity index (χ2v) is 6.51. The Hall–Kier alpha value is -0.630. The number of fused-ring (bicyclic) bond motifs is 1. The van der Waals surface area contributed by atoms with E-state index in [1.807, 2.05) is 0 Å². The summed E-state index contributed by atoms with van der Waals surface area (Å²) in [5.74, 6) is 0. The summed E-state index contributed by atoms with van der Waals surface area (Å²) >= 11 is 6.56. The average Bonchev–Trinajstić information content (AvgIpc) is 2.24. The van der Waals surface area contributed by atoms with Gasteiger partial charge in [0.15, 0.2) is 0 Å². The van der Waals surface area contributed by atoms with Crippen LogP contribution in [0.15, 0.2) is 38.1 Å². The number of hydrogen-bond acceptors (Lipinski definition) is 3. The van der Waals surface area contributed by atoms with Crippen LogP contribution >= 0.6 is 31.9 Å². The largest absolute Gasteiger partial charge is 0.397 e. The molecule has 3 N–H and O–H groups in total. The fraction of sp³-hybridized carbons (Fsp3) is 0. The van der Waals surface area contributed by atoms with Crippen molar-refractivity contribution in [2.24, 2.45) is 0 Å². The highest BCUT2D eigenvalue weighted by Gasteiger charge is 2.18. The molecule has 0 aromatic heterocycles. The van der Waals surface area contributed by atoms with Crippen LogP contribution in [0.3, 0.4) is 0 Å². The van der Waals surface area contributed by atoms with E-state index >= 15 is 0 Å². The van der Waals surface area contributed by atoms with Crippen molar-refractivity contribution in [2.45, 2.75) is 4.90 Å². The summed E-state index contributed by atoms with van der Waals surface area (Å²) in [4.78, 5) is -0.200. The number of nitrogens with two attached hydrogens (primary N) is 1. The van der Waals surface area contributed by atoms with Gasteiger partial charge >= 0.3 is 0 Å². The Morgan fingerprint density at radius 3 is 2.41 bits per heavy atom. The van der Waals surface area contributed by atoms with E-state index in [0.29, 0.717) is 19.7 Å². The first-order valence-electron chi connectivity index (χ1n) is 4.46. The van der Waals surface area contributed by atoms with E-state index in [-0.39, 0.29) is 10.6 Å². The van der Waals surface area contributed by atoms with E-state index < -0.39 is 10.1 Å². The van der Waals surface area contributed by atoms with E-state index in [0.717, 1.165) is 0 Å². The lowest BCUT2D eigenvalue weighted by Gasteiger charge is -2.10. The smallest absolute Gasteiger partial charge is 0.295 e. The molecule has 0 fully saturated rings. The highest BCUT2D eigenvalue weighted by molar-refractivity contribution is 9.11. The zero-order chi connectivity index (χ0) is 12.8. The van der Waals surface area contributed by atoms with Crippen molar-refractivity contribution < 1.29 is 13.0 Å². The predicted molar refractivity (Wildman–Crippen MR) is 73.6 cm³/mol. The second-order valence-electron chi connectivity index (χ2n) is 3.41. The summed E-state index contributed by atoms with van der Waals surface area (Å²) in [6.07, 6.45) is 0. The summed E-state index contributed by atoms with van der Waals surface area (Å²) < 4.78 is 33.0. The van der Waals surface area contributed by atoms with Gasteiger partial charge in [-0.3, -0.25) is 4.55 Å². The minimum atomic E-state index is -4.31. The second kappa shape index (κ2) is 4.24. The van der Waals surface area contributed by atoms with Gasteiger partial charge in [0.25, 0.3) is 10.1 Å². The summed E-state index contributed by atoms with van der Waals surface area (Å²) in [7, 11) is -4.31. The SMILES string of the molecule is Nc1c(Br)cc(Br)c2cccc(S(=O)(=O)O)c12. The normalized spacial score (nSPS) is 11.9. The van der Waals surface area contributed by atoms with Crippen LogP contribution in [-0.2, 0) is 10.1 Å². The molecule has 0 radical (unpaired) electrons. The minimum absolute atomic E-state index is 0.200. The van der Waals surface area contributed by atoms with Crippen LogP contribution in [0.4, 0.5) is 5.69 Å². The highest BCUT2D eigenvalue weighted by atomic mass is 79.9. The lowest BCUT2D eigenvalue weighted by atomic mass is 10.1. The van der Waals surface area contributed by atoms with Gasteiger partial charge < -0.3 is 5.73 Å². The summed E-state index contributed by atoms with van der Waals surface area (Å²) in [5, 5.41) is 0.928. The summed E-state index contributed by atoms with van der Waals surface area (Å²) in [6, 6.07) is 6.30. The Balaban J connectivity index is 3.09. The van der Waals surface area contributed by atoms with E-state index in [9.17, 15) is 13.0 Å². The number of anilines is 1. The number of rotatable bonds is 1. The molecule has 0 aliphatic carbocycles. The van der Waals surface area contributed by atoms with Crippen LogP contribution in [-0.4, -0.2) is 13.0 Å². The van der Waals surface area contributed by atoms with Crippen molar-refractivity contribution in [3.8, 4) is 0 Å². The molecule has 17 heavy (non-hydrogen) atoms. The quantitative estimate of drug-likeness (QED) is 0.588. The van der Waals surface area contributed by atoms with Crippen LogP contribution in [0, 0.1) is 0 Å². The molecular formula is C10H7Br2NO3S. The summed E-state index contributed by atoms with van der Waals surface area (Å²) in [5.41, 5.74) is 6.12. The van der Waals surface area contributed by atoms with Crippen LogP contribution in [0.1, 0.15) is 0 Å². The van der Waals surface area contributed by atoms with Gasteiger partial charge in [0.05, 0.1) is 5.69 Å². The molecule has 0 heterocycles. The molecular weight excluding hydrogens is 374 g/mol. The molecule has 0 aliphatic rings. The number of hydrogen-bond donors (Lipinski definition) is 2. The first-order chi connectivity index (χ1) is 7.82. The molecule has 0 saturated carbocycles. The van der Waals surface area contributed by atoms with Crippen molar-refractivity contribution in [2.75, 3.05) is 5.73 Å². The topological polar surface area (TPSA) is 80.4 Å². The number of benzene rings is 2. The van der Waals surface area contributed by atoms with Crippen LogP contribution < -0.4 is 5.73 Å². The van der Waals surface area contributed by atoms with Gasteiger partial charge in [0.1, 0.15) is 4.90 Å². The maximum absolute atomic E-state index is 11.3. The molecule has 4 nitrogen and oxygen atoms in total. The van der Waals surface area contributed by atoms with Gasteiger partial charge in [0.2, 0.25) is 0 Å². The fourth-order valence-electron chi connectivity index (χ4n) is 1.61. The van der Waals surface area contributed by atoms with E-state index in [1.54, 1.807) is 18.2 Å². The average molecular weight is 381 g/mol. The molecule has 2 aromatic rings. The molecule has 0 amide bonds. The number of nitrogen functional groups attached to an aromatic ring is 1. The first-order valence-corrected chi connectivity index (χ1v) is 7.48. The van der Waals surface area contributed by atoms with Crippen molar-refractivity contribution in [1.29, 1.82) is 0 Å². The molecule has 0 aliphatic heterocycles. The maximum Gasteiger partial charge on any atom is 0.295 e. The van der Waals surface area contributed by atoms with Crippen molar-refractivity contribution >= 4 is 58.4 Å². The Morgan fingerprint density at radius 1 is 1.18 bits per heavy atom. The maximum atomic E-state index is 11.3. The molecule has 0 unspecified atom stereocenters. The van der Waals surface area contributed by atoms with E-state index in [1.165, 1.54) is 6.07 Å². The van der Waals surface area contributed by atoms with Gasteiger partial charge in [-0.25, -0.2) is 0 Å². The molecule has 0 spiro atoms. The molecule has 7 heteroatoms. The minimum Gasteiger partial charge on any atom is -0.397 e. The van der Waals surface area contributed by atoms with Gasteiger partial charge in [-0.2, -0.15) is 8.42 Å². The van der Waals surface area contributed by atoms with Crippen LogP contribution in [0.2, 0.25) is 0 Å². The Kier molecular flexibility index (Phi) is 3.19. The van der Waals surface area contributed by atoms with Crippen LogP contribution in [0.5, 0.6) is 0 Å². The Morgan fingerprint density at radius 2 is 1.82 bits per heavy atom. The Bertz CT molecular complexity index is 713. The molecule has 2 aromatic carbocycles. The van der Waals surface area contributed by atoms with Gasteiger partial charge in [-0.15, -0.1) is 0 Å². The molecule has 0 atom stereocenters. The van der Waals surface area contributed by atoms with Crippen molar-refractivity contribution in [3.05, 3.63) is 33.2 Å². The molecule has 0 bridgehead atoms. The third kappa shape index (κ3) is 2.20. The molecule has 2 rings (SSSR count). The third-order valence-electron chi connectivity index (χ3n) is 2.34. The first kappa shape index (κ1) is 12.8. The molecule has 0 saturated heterocycles. The highest BCUT2D eigenvalue weighted by Crippen LogP contribution is 2.38. The van der Waals surface area contributed by atoms with Gasteiger partial charge in [0, 0.05) is 14.3 Å². The predicted octanol–water partition coefficient (Wildman–Crippen LogP) is 3.19. The van der Waals surface area contributed by atoms with Crippen molar-refractivity contribution in [1.82, 2.24) is 0 Å². The standard InChI is InChI=1S/C10H7Br2NO3S/c11-6-4-7(12)10(13)9-5(6)2-1-3-8(9)17(14,15)16/h1-4H,13H2,(H,14,15,16). The number of halogens is 2. The van der Waals surface area contributed by atoms with Crippen molar-refractivity contribution in [3.63, 3.8) is 0 Å². The van der Waals surface area contributed by atoms with Gasteiger partial charge in [-0.05, 0) is 33.4 Å². The zero-order valence-corrected chi connectivity index (χ0v) is 12.3. The van der Waals surface area contributed by atoms with E-state index in [4.69, 9.17) is 5.73 Å². The summed E-state index contributed by atoms with van der Waals surface area (Å²) in [6.45, 7) is 0. The molecule has 90 valence electrons. The van der Waals surface area contributed by atoms with Gasteiger partial charge in [-0.1, -0.05) is 28.1 Å². The van der Waals surface area contributed by atoms with Crippen LogP contribution in [0.25, 0.3) is 10.8 Å². The third-order valence-corrected chi connectivity index (χ3v) is 4.55. The zero-order valence-electron chi connectivity index (χ0n) is 8.31.